The molecule has 0 saturated carbocycles. The fourth-order valence-corrected chi connectivity index (χ4v) is 1.24. The van der Waals surface area contributed by atoms with E-state index in [0.29, 0.717) is 11.5 Å². The molecule has 2 aromatic heterocycles. The van der Waals surface area contributed by atoms with E-state index in [4.69, 9.17) is 4.52 Å². The van der Waals surface area contributed by atoms with Gasteiger partial charge in [-0.25, -0.2) is 4.79 Å². The predicted octanol–water partition coefficient (Wildman–Crippen LogP) is -0.119. The molecule has 0 atom stereocenters. The van der Waals surface area contributed by atoms with Crippen LogP contribution in [0.5, 0.6) is 0 Å². The highest BCUT2D eigenvalue weighted by molar-refractivity contribution is 5.04. The molecular weight excluding hydrogens is 198 g/mol. The zero-order valence-corrected chi connectivity index (χ0v) is 8.06. The highest BCUT2D eigenvalue weighted by Gasteiger charge is 2.02. The Morgan fingerprint density at radius 2 is 2.33 bits per heavy atom. The zero-order valence-electron chi connectivity index (χ0n) is 8.06. The number of aryl methyl sites for hydroxylation is 1. The number of rotatable bonds is 2. The summed E-state index contributed by atoms with van der Waals surface area (Å²) in [6, 6.07) is 3.02. The van der Waals surface area contributed by atoms with Crippen molar-refractivity contribution >= 4 is 0 Å². The van der Waals surface area contributed by atoms with E-state index in [0.717, 1.165) is 0 Å². The molecule has 0 aliphatic carbocycles. The highest BCUT2D eigenvalue weighted by atomic mass is 16.5. The topological polar surface area (TPSA) is 80.9 Å². The number of nitrogens with zero attached hydrogens (tertiary/aromatic N) is 2. The molecule has 0 fully saturated rings. The minimum atomic E-state index is -0.455. The first-order valence-corrected chi connectivity index (χ1v) is 4.37. The van der Waals surface area contributed by atoms with Crippen molar-refractivity contribution in [2.45, 2.75) is 13.5 Å². The number of aromatic amines is 1. The van der Waals surface area contributed by atoms with Gasteiger partial charge >= 0.3 is 5.69 Å². The molecule has 0 aromatic carbocycles. The molecule has 0 radical (unpaired) electrons. The highest BCUT2D eigenvalue weighted by Crippen LogP contribution is 2.01. The van der Waals surface area contributed by atoms with Gasteiger partial charge in [-0.2, -0.15) is 0 Å². The molecule has 2 rings (SSSR count). The van der Waals surface area contributed by atoms with Gasteiger partial charge in [-0.3, -0.25) is 14.3 Å². The summed E-state index contributed by atoms with van der Waals surface area (Å²) in [5, 5.41) is 3.75. The first kappa shape index (κ1) is 9.45. The molecule has 0 aliphatic heterocycles. The third-order valence-electron chi connectivity index (χ3n) is 1.91. The first-order chi connectivity index (χ1) is 7.15. The van der Waals surface area contributed by atoms with Gasteiger partial charge in [-0.15, -0.1) is 0 Å². The van der Waals surface area contributed by atoms with Gasteiger partial charge < -0.3 is 4.52 Å². The van der Waals surface area contributed by atoms with E-state index in [1.54, 1.807) is 13.0 Å². The maximum absolute atomic E-state index is 11.3. The third-order valence-corrected chi connectivity index (χ3v) is 1.91. The van der Waals surface area contributed by atoms with E-state index >= 15 is 0 Å². The van der Waals surface area contributed by atoms with Gasteiger partial charge in [0.2, 0.25) is 0 Å². The Balaban J connectivity index is 2.32. The number of hydrogen-bond acceptors (Lipinski definition) is 4. The van der Waals surface area contributed by atoms with Crippen LogP contribution in [-0.2, 0) is 6.54 Å². The Morgan fingerprint density at radius 3 is 2.93 bits per heavy atom. The van der Waals surface area contributed by atoms with Gasteiger partial charge in [0.25, 0.3) is 5.56 Å². The molecule has 0 saturated heterocycles. The monoisotopic (exact) mass is 207 g/mol. The second kappa shape index (κ2) is 3.56. The average molecular weight is 207 g/mol. The van der Waals surface area contributed by atoms with Crippen LogP contribution in [0.4, 0.5) is 0 Å². The second-order valence-corrected chi connectivity index (χ2v) is 3.17. The molecule has 0 amide bonds. The van der Waals surface area contributed by atoms with Gasteiger partial charge in [0.15, 0.2) is 0 Å². The Kier molecular flexibility index (Phi) is 2.24. The van der Waals surface area contributed by atoms with Crippen molar-refractivity contribution in [2.75, 3.05) is 0 Å². The maximum atomic E-state index is 11.3. The van der Waals surface area contributed by atoms with Crippen LogP contribution >= 0.6 is 0 Å². The molecule has 2 aromatic rings. The Bertz CT molecular complexity index is 579. The van der Waals surface area contributed by atoms with Gasteiger partial charge in [0, 0.05) is 18.3 Å². The van der Waals surface area contributed by atoms with Gasteiger partial charge in [-0.1, -0.05) is 5.16 Å². The quantitative estimate of drug-likeness (QED) is 0.744. The van der Waals surface area contributed by atoms with Crippen LogP contribution < -0.4 is 11.2 Å². The number of nitrogens with one attached hydrogen (secondary N) is 1. The van der Waals surface area contributed by atoms with E-state index < -0.39 is 11.2 Å². The van der Waals surface area contributed by atoms with Crippen LogP contribution in [-0.4, -0.2) is 14.7 Å². The van der Waals surface area contributed by atoms with Crippen molar-refractivity contribution in [2.24, 2.45) is 0 Å². The van der Waals surface area contributed by atoms with E-state index in [1.165, 1.54) is 16.8 Å². The van der Waals surface area contributed by atoms with Crippen LogP contribution in [0.15, 0.2) is 32.4 Å². The summed E-state index contributed by atoms with van der Waals surface area (Å²) in [5.41, 5.74) is -0.225. The smallest absolute Gasteiger partial charge is 0.328 e. The number of hydrogen-bond donors (Lipinski definition) is 1. The molecule has 0 unspecified atom stereocenters. The SMILES string of the molecule is Cc1cc(Cn2ccc(=O)[nH]c2=O)no1. The van der Waals surface area contributed by atoms with Gasteiger partial charge in [0.1, 0.15) is 11.5 Å². The van der Waals surface area contributed by atoms with Crippen molar-refractivity contribution in [3.8, 4) is 0 Å². The molecule has 78 valence electrons. The van der Waals surface area contributed by atoms with Crippen LogP contribution in [0, 0.1) is 6.92 Å². The number of H-pyrrole nitrogens is 1. The Hall–Kier alpha value is -2.11. The Labute approximate surface area is 84.2 Å². The van der Waals surface area contributed by atoms with Gasteiger partial charge in [-0.05, 0) is 6.92 Å². The van der Waals surface area contributed by atoms with E-state index in [9.17, 15) is 9.59 Å². The molecule has 0 bridgehead atoms. The summed E-state index contributed by atoms with van der Waals surface area (Å²) < 4.78 is 6.21. The summed E-state index contributed by atoms with van der Waals surface area (Å²) in [4.78, 5) is 24.3. The fraction of sp³-hybridized carbons (Fsp3) is 0.222. The summed E-state index contributed by atoms with van der Waals surface area (Å²) in [5.74, 6) is 0.683. The molecule has 6 nitrogen and oxygen atoms in total. The van der Waals surface area contributed by atoms with Crippen LogP contribution in [0.3, 0.4) is 0 Å². The van der Waals surface area contributed by atoms with Crippen LogP contribution in [0.2, 0.25) is 0 Å². The third kappa shape index (κ3) is 2.04. The van der Waals surface area contributed by atoms with E-state index in [1.807, 2.05) is 0 Å². The first-order valence-electron chi connectivity index (χ1n) is 4.37. The predicted molar refractivity (Wildman–Crippen MR) is 51.7 cm³/mol. The minimum Gasteiger partial charge on any atom is -0.361 e. The minimum absolute atomic E-state index is 0.285. The van der Waals surface area contributed by atoms with Crippen molar-refractivity contribution in [1.29, 1.82) is 0 Å². The lowest BCUT2D eigenvalue weighted by atomic mass is 10.4. The Morgan fingerprint density at radius 1 is 1.53 bits per heavy atom. The molecule has 1 N–H and O–H groups in total. The lowest BCUT2D eigenvalue weighted by Crippen LogP contribution is -2.28. The molecule has 0 spiro atoms. The summed E-state index contributed by atoms with van der Waals surface area (Å²) in [7, 11) is 0. The normalized spacial score (nSPS) is 10.5. The number of aromatic nitrogens is 3. The molecule has 15 heavy (non-hydrogen) atoms. The molecular formula is C9H9N3O3. The lowest BCUT2D eigenvalue weighted by molar-refractivity contribution is 0.388. The summed E-state index contributed by atoms with van der Waals surface area (Å²) >= 11 is 0. The zero-order chi connectivity index (χ0) is 10.8. The molecule has 6 heteroatoms. The van der Waals surface area contributed by atoms with Crippen LogP contribution in [0.25, 0.3) is 0 Å². The average Bonchev–Trinajstić information content (AvgIpc) is 2.56. The van der Waals surface area contributed by atoms with E-state index in [-0.39, 0.29) is 6.54 Å². The van der Waals surface area contributed by atoms with Crippen molar-refractivity contribution in [3.63, 3.8) is 0 Å². The van der Waals surface area contributed by atoms with Gasteiger partial charge in [0.05, 0.1) is 6.54 Å². The lowest BCUT2D eigenvalue weighted by Gasteiger charge is -1.99. The van der Waals surface area contributed by atoms with E-state index in [2.05, 4.69) is 10.1 Å². The largest absolute Gasteiger partial charge is 0.361 e. The fourth-order valence-electron chi connectivity index (χ4n) is 1.24. The standard InChI is InChI=1S/C9H9N3O3/c1-6-4-7(11-15-6)5-12-3-2-8(13)10-9(12)14/h2-4H,5H2,1H3,(H,10,13,14). The maximum Gasteiger partial charge on any atom is 0.328 e. The van der Waals surface area contributed by atoms with Crippen molar-refractivity contribution in [1.82, 2.24) is 14.7 Å². The van der Waals surface area contributed by atoms with Crippen molar-refractivity contribution in [3.05, 3.63) is 50.6 Å². The summed E-state index contributed by atoms with van der Waals surface area (Å²) in [6.45, 7) is 2.05. The van der Waals surface area contributed by atoms with Crippen molar-refractivity contribution < 1.29 is 4.52 Å². The second-order valence-electron chi connectivity index (χ2n) is 3.17. The van der Waals surface area contributed by atoms with Crippen LogP contribution in [0.1, 0.15) is 11.5 Å². The molecule has 0 aliphatic rings. The summed E-state index contributed by atoms with van der Waals surface area (Å²) in [6.07, 6.45) is 1.42. The molecule has 2 heterocycles.